The van der Waals surface area contributed by atoms with Crippen LogP contribution in [0.15, 0.2) is 18.2 Å². The Kier molecular flexibility index (Phi) is 8.97. The van der Waals surface area contributed by atoms with Crippen LogP contribution in [0.3, 0.4) is 0 Å². The largest absolute Gasteiger partial charge is 0.480 e. The van der Waals surface area contributed by atoms with Gasteiger partial charge in [-0.3, -0.25) is 34.1 Å². The van der Waals surface area contributed by atoms with Crippen molar-refractivity contribution in [1.29, 1.82) is 0 Å². The van der Waals surface area contributed by atoms with Crippen LogP contribution in [0.25, 0.3) is 0 Å². The normalized spacial score (nSPS) is 18.1. The summed E-state index contributed by atoms with van der Waals surface area (Å²) in [6, 6.07) is 5.49. The molecular weight excluding hydrogens is 380 g/mol. The second-order valence-corrected chi connectivity index (χ2v) is 7.21. The Balaban J connectivity index is 2.20. The minimum absolute atomic E-state index is 0.0988. The SMILES string of the molecule is O=C(O)CN1CCCN(CC(=O)O)Cc2cccc(n2)CN(CC(=O)O)CCC1. The standard InChI is InChI=1S/C19H28N4O6/c24-17(25)12-21-6-2-8-22(13-18(26)27)10-15-4-1-5-16(20-15)11-23(9-3-7-21)14-19(28)29/h1,4-5H,2-3,6-14H2,(H,24,25)(H,26,27)(H,28,29). The summed E-state index contributed by atoms with van der Waals surface area (Å²) in [6.45, 7) is 2.43. The van der Waals surface area contributed by atoms with Crippen molar-refractivity contribution < 1.29 is 29.7 Å². The third-order valence-corrected chi connectivity index (χ3v) is 4.61. The Morgan fingerprint density at radius 3 is 1.52 bits per heavy atom. The highest BCUT2D eigenvalue weighted by Crippen LogP contribution is 2.10. The molecule has 2 bridgehead atoms. The predicted octanol–water partition coefficient (Wildman–Crippen LogP) is 0.0352. The molecule has 1 aromatic rings. The molecular formula is C19H28N4O6. The van der Waals surface area contributed by atoms with Gasteiger partial charge in [-0.05, 0) is 38.1 Å². The Morgan fingerprint density at radius 2 is 1.10 bits per heavy atom. The Labute approximate surface area is 169 Å². The van der Waals surface area contributed by atoms with Gasteiger partial charge >= 0.3 is 17.9 Å². The van der Waals surface area contributed by atoms with Crippen molar-refractivity contribution in [3.63, 3.8) is 0 Å². The first-order chi connectivity index (χ1) is 13.8. The average molecular weight is 408 g/mol. The van der Waals surface area contributed by atoms with E-state index in [9.17, 15) is 24.6 Å². The first-order valence-corrected chi connectivity index (χ1v) is 9.59. The van der Waals surface area contributed by atoms with Gasteiger partial charge in [-0.15, -0.1) is 0 Å². The lowest BCUT2D eigenvalue weighted by Crippen LogP contribution is -2.38. The Hall–Kier alpha value is -2.56. The van der Waals surface area contributed by atoms with Crippen LogP contribution in [-0.2, 0) is 27.5 Å². The van der Waals surface area contributed by atoms with Crippen molar-refractivity contribution in [2.24, 2.45) is 0 Å². The average Bonchev–Trinajstić information content (AvgIpc) is 2.59. The van der Waals surface area contributed by atoms with E-state index in [0.29, 0.717) is 52.1 Å². The summed E-state index contributed by atoms with van der Waals surface area (Å²) in [5.41, 5.74) is 1.44. The fourth-order valence-corrected chi connectivity index (χ4v) is 3.47. The van der Waals surface area contributed by atoms with E-state index in [0.717, 1.165) is 11.4 Å². The Morgan fingerprint density at radius 1 is 0.724 bits per heavy atom. The van der Waals surface area contributed by atoms with Crippen LogP contribution >= 0.6 is 0 Å². The van der Waals surface area contributed by atoms with Crippen molar-refractivity contribution in [1.82, 2.24) is 19.7 Å². The molecule has 0 saturated heterocycles. The maximum Gasteiger partial charge on any atom is 0.317 e. The van der Waals surface area contributed by atoms with E-state index in [1.807, 2.05) is 23.1 Å². The summed E-state index contributed by atoms with van der Waals surface area (Å²) in [5, 5.41) is 27.5. The van der Waals surface area contributed by atoms with Crippen LogP contribution in [0.1, 0.15) is 24.2 Å². The van der Waals surface area contributed by atoms with Crippen molar-refractivity contribution in [2.75, 3.05) is 45.8 Å². The molecule has 0 saturated carbocycles. The minimum atomic E-state index is -0.933. The van der Waals surface area contributed by atoms with E-state index in [1.54, 1.807) is 9.80 Å². The van der Waals surface area contributed by atoms with Crippen molar-refractivity contribution >= 4 is 17.9 Å². The fourth-order valence-electron chi connectivity index (χ4n) is 3.47. The van der Waals surface area contributed by atoms with E-state index >= 15 is 0 Å². The summed E-state index contributed by atoms with van der Waals surface area (Å²) in [5.74, 6) is -2.79. The zero-order valence-corrected chi connectivity index (χ0v) is 16.4. The van der Waals surface area contributed by atoms with Gasteiger partial charge in [0.05, 0.1) is 31.0 Å². The molecule has 1 aromatic heterocycles. The molecule has 1 aliphatic rings. The molecule has 0 aromatic carbocycles. The quantitative estimate of drug-likeness (QED) is 0.592. The smallest absolute Gasteiger partial charge is 0.317 e. The number of nitrogens with zero attached hydrogens (tertiary/aromatic N) is 4. The number of fused-ring (bicyclic) bond motifs is 2. The monoisotopic (exact) mass is 408 g/mol. The van der Waals surface area contributed by atoms with Gasteiger partial charge < -0.3 is 15.3 Å². The van der Waals surface area contributed by atoms with E-state index in [4.69, 9.17) is 5.11 Å². The summed E-state index contributed by atoms with van der Waals surface area (Å²) >= 11 is 0. The molecule has 0 amide bonds. The molecule has 0 atom stereocenters. The van der Waals surface area contributed by atoms with E-state index in [1.165, 1.54) is 0 Å². The summed E-state index contributed by atoms with van der Waals surface area (Å²) in [4.78, 5) is 43.5. The summed E-state index contributed by atoms with van der Waals surface area (Å²) in [6.07, 6.45) is 1.25. The molecule has 0 aliphatic carbocycles. The molecule has 3 N–H and O–H groups in total. The molecule has 10 heteroatoms. The highest BCUT2D eigenvalue weighted by Gasteiger charge is 2.17. The molecule has 0 unspecified atom stereocenters. The molecule has 1 aliphatic heterocycles. The number of pyridine rings is 1. The van der Waals surface area contributed by atoms with Crippen LogP contribution in [0.2, 0.25) is 0 Å². The first kappa shape index (κ1) is 22.7. The third kappa shape index (κ3) is 8.99. The number of rotatable bonds is 6. The highest BCUT2D eigenvalue weighted by atomic mass is 16.4. The van der Waals surface area contributed by atoms with Gasteiger partial charge in [0.15, 0.2) is 0 Å². The van der Waals surface area contributed by atoms with Gasteiger partial charge in [0, 0.05) is 26.2 Å². The molecule has 0 radical (unpaired) electrons. The van der Waals surface area contributed by atoms with Gasteiger partial charge in [0.2, 0.25) is 0 Å². The van der Waals surface area contributed by atoms with Gasteiger partial charge in [-0.25, -0.2) is 0 Å². The van der Waals surface area contributed by atoms with Crippen LogP contribution in [-0.4, -0.2) is 98.7 Å². The zero-order valence-electron chi connectivity index (χ0n) is 16.4. The lowest BCUT2D eigenvalue weighted by atomic mass is 10.2. The van der Waals surface area contributed by atoms with Crippen LogP contribution in [0.5, 0.6) is 0 Å². The lowest BCUT2D eigenvalue weighted by molar-refractivity contribution is -0.139. The lowest BCUT2D eigenvalue weighted by Gasteiger charge is -2.26. The second kappa shape index (κ2) is 11.4. The van der Waals surface area contributed by atoms with Crippen molar-refractivity contribution in [2.45, 2.75) is 25.9 Å². The topological polar surface area (TPSA) is 135 Å². The second-order valence-electron chi connectivity index (χ2n) is 7.21. The zero-order chi connectivity index (χ0) is 21.2. The first-order valence-electron chi connectivity index (χ1n) is 9.59. The fraction of sp³-hybridized carbons (Fsp3) is 0.579. The number of carboxylic acid groups (broad SMARTS) is 3. The van der Waals surface area contributed by atoms with E-state index in [2.05, 4.69) is 4.98 Å². The van der Waals surface area contributed by atoms with E-state index < -0.39 is 17.9 Å². The Bertz CT molecular complexity index is 666. The number of hydrogen-bond donors (Lipinski definition) is 3. The molecule has 160 valence electrons. The van der Waals surface area contributed by atoms with Gasteiger partial charge in [0.1, 0.15) is 0 Å². The minimum Gasteiger partial charge on any atom is -0.480 e. The van der Waals surface area contributed by atoms with E-state index in [-0.39, 0.29) is 19.6 Å². The third-order valence-electron chi connectivity index (χ3n) is 4.61. The molecule has 2 heterocycles. The maximum absolute atomic E-state index is 11.2. The number of carboxylic acids is 3. The van der Waals surface area contributed by atoms with Crippen LogP contribution in [0.4, 0.5) is 0 Å². The molecule has 29 heavy (non-hydrogen) atoms. The molecule has 2 rings (SSSR count). The number of aliphatic carboxylic acids is 3. The molecule has 10 nitrogen and oxygen atoms in total. The van der Waals surface area contributed by atoms with Gasteiger partial charge in [-0.1, -0.05) is 6.07 Å². The predicted molar refractivity (Wildman–Crippen MR) is 103 cm³/mol. The van der Waals surface area contributed by atoms with Gasteiger partial charge in [-0.2, -0.15) is 0 Å². The van der Waals surface area contributed by atoms with Crippen LogP contribution in [0, 0.1) is 0 Å². The van der Waals surface area contributed by atoms with Gasteiger partial charge in [0.25, 0.3) is 0 Å². The summed E-state index contributed by atoms with van der Waals surface area (Å²) in [7, 11) is 0. The van der Waals surface area contributed by atoms with Crippen molar-refractivity contribution in [3.05, 3.63) is 29.6 Å². The maximum atomic E-state index is 11.2. The molecule has 0 fully saturated rings. The molecule has 0 spiro atoms. The van der Waals surface area contributed by atoms with Crippen molar-refractivity contribution in [3.8, 4) is 0 Å². The number of hydrogen-bond acceptors (Lipinski definition) is 7. The number of aromatic nitrogens is 1. The summed E-state index contributed by atoms with van der Waals surface area (Å²) < 4.78 is 0. The van der Waals surface area contributed by atoms with Crippen LogP contribution < -0.4 is 0 Å². The number of carbonyl (C=O) groups is 3. The highest BCUT2D eigenvalue weighted by molar-refractivity contribution is 5.69.